The van der Waals surface area contributed by atoms with E-state index in [9.17, 15) is 28.5 Å². The van der Waals surface area contributed by atoms with Gasteiger partial charge in [0.15, 0.2) is 47.1 Å². The number of aromatic amines is 2. The second-order valence-corrected chi connectivity index (χ2v) is 12.8. The van der Waals surface area contributed by atoms with Crippen LogP contribution in [0.1, 0.15) is 12.5 Å². The van der Waals surface area contributed by atoms with Crippen LogP contribution in [0, 0.1) is 0 Å². The maximum absolute atomic E-state index is 15.8. The molecule has 2 unspecified atom stereocenters. The SMILES string of the molecule is Nc1nc2c(ncn2[C@@H]2O[C@@H]3COP(=O)(O)O[C@H]4[C@@H](F)[C@H](n5cnc6c(=O)[nH]cnc65)O[C@@H]4COP(=O)(O)O[C@@H]2[C@@H]3F)c(=O)[nH]1. The standard InChI is InChI=1S/C20H21F2N9O12P2/c21-8-6-1-38-44(34,35)42-12-7(41-18(9(12)22)30-4-26-10-14(30)24-3-25-16(10)32)2-39-45(36,37)43-13(8)19(40-6)31-5-27-11-15(31)28-20(23)29-17(11)33/h3-9,12-13,18-19H,1-2H2,(H,34,35)(H,36,37)(H,24,25,32)(H3,23,28,29,33)/t6-,7-,8-,9-,12-,13-,18-,19-/m1/s1. The minimum absolute atomic E-state index is 0.111. The molecule has 7 heterocycles. The van der Waals surface area contributed by atoms with Gasteiger partial charge in [-0.25, -0.2) is 32.9 Å². The Balaban J connectivity index is 1.21. The molecule has 2 bridgehead atoms. The molecule has 0 spiro atoms. The van der Waals surface area contributed by atoms with Crippen molar-refractivity contribution in [1.29, 1.82) is 0 Å². The van der Waals surface area contributed by atoms with Crippen LogP contribution in [0.3, 0.4) is 0 Å². The van der Waals surface area contributed by atoms with Crippen molar-refractivity contribution in [1.82, 2.24) is 39.0 Å². The fourth-order valence-corrected chi connectivity index (χ4v) is 7.11. The summed E-state index contributed by atoms with van der Waals surface area (Å²) in [5, 5.41) is 0. The number of alkyl halides is 2. The van der Waals surface area contributed by atoms with E-state index in [-0.39, 0.29) is 28.3 Å². The molecule has 21 nitrogen and oxygen atoms in total. The summed E-state index contributed by atoms with van der Waals surface area (Å²) in [6.45, 7) is -1.99. The number of nitrogens with one attached hydrogen (secondary N) is 2. The third-order valence-corrected chi connectivity index (χ3v) is 9.18. The molecule has 4 aromatic rings. The number of imidazole rings is 2. The average Bonchev–Trinajstić information content (AvgIpc) is 3.72. The van der Waals surface area contributed by atoms with Crippen LogP contribution in [0.15, 0.2) is 28.6 Å². The van der Waals surface area contributed by atoms with Gasteiger partial charge in [-0.2, -0.15) is 4.98 Å². The Morgan fingerprint density at radius 3 is 2.16 bits per heavy atom. The van der Waals surface area contributed by atoms with E-state index in [0.717, 1.165) is 28.1 Å². The second kappa shape index (κ2) is 10.8. The van der Waals surface area contributed by atoms with E-state index in [2.05, 4.69) is 29.9 Å². The molecule has 10 atom stereocenters. The number of hydrogen-bond donors (Lipinski definition) is 5. The molecule has 25 heteroatoms. The zero-order chi connectivity index (χ0) is 31.8. The zero-order valence-corrected chi connectivity index (χ0v) is 23.9. The Hall–Kier alpha value is -3.50. The predicted molar refractivity (Wildman–Crippen MR) is 140 cm³/mol. The van der Waals surface area contributed by atoms with Crippen molar-refractivity contribution in [2.45, 2.75) is 49.2 Å². The maximum atomic E-state index is 15.8. The third-order valence-electron chi connectivity index (χ3n) is 7.21. The van der Waals surface area contributed by atoms with E-state index in [4.69, 9.17) is 33.3 Å². The molecule has 0 aliphatic carbocycles. The minimum atomic E-state index is -5.26. The molecular formula is C20H21F2N9O12P2. The number of hydrogen-bond acceptors (Lipinski definition) is 15. The highest BCUT2D eigenvalue weighted by Gasteiger charge is 2.55. The summed E-state index contributed by atoms with van der Waals surface area (Å²) in [5.41, 5.74) is 3.50. The van der Waals surface area contributed by atoms with Crippen LogP contribution in [0.5, 0.6) is 0 Å². The Morgan fingerprint density at radius 2 is 1.44 bits per heavy atom. The number of halogens is 2. The van der Waals surface area contributed by atoms with E-state index in [1.54, 1.807) is 0 Å². The molecule has 0 saturated carbocycles. The summed E-state index contributed by atoms with van der Waals surface area (Å²) >= 11 is 0. The highest BCUT2D eigenvalue weighted by atomic mass is 31.2. The van der Waals surface area contributed by atoms with Gasteiger partial charge in [0.05, 0.1) is 32.2 Å². The Morgan fingerprint density at radius 1 is 0.844 bits per heavy atom. The third kappa shape index (κ3) is 5.29. The van der Waals surface area contributed by atoms with Crippen molar-refractivity contribution in [3.05, 3.63) is 39.7 Å². The van der Waals surface area contributed by atoms with E-state index in [1.807, 2.05) is 0 Å². The summed E-state index contributed by atoms with van der Waals surface area (Å²) in [4.78, 5) is 65.5. The van der Waals surface area contributed by atoms with Crippen LogP contribution in [0.2, 0.25) is 0 Å². The summed E-state index contributed by atoms with van der Waals surface area (Å²) in [5.74, 6) is -0.333. The molecule has 0 radical (unpaired) electrons. The number of phosphoric acid groups is 2. The Labute approximate surface area is 246 Å². The first-order chi connectivity index (χ1) is 21.3. The maximum Gasteiger partial charge on any atom is 0.472 e. The van der Waals surface area contributed by atoms with Crippen molar-refractivity contribution in [3.63, 3.8) is 0 Å². The van der Waals surface area contributed by atoms with Crippen molar-refractivity contribution in [3.8, 4) is 0 Å². The van der Waals surface area contributed by atoms with Crippen LogP contribution >= 0.6 is 15.6 Å². The summed E-state index contributed by atoms with van der Waals surface area (Å²) in [6, 6.07) is 0. The first-order valence-corrected chi connectivity index (χ1v) is 15.8. The van der Waals surface area contributed by atoms with E-state index >= 15 is 8.78 Å². The topological polar surface area (TPSA) is 283 Å². The van der Waals surface area contributed by atoms with Crippen LogP contribution in [-0.4, -0.2) is 98.8 Å². The summed E-state index contributed by atoms with van der Waals surface area (Å²) in [6.07, 6.45) is -12.2. The predicted octanol–water partition coefficient (Wildman–Crippen LogP) is -0.676. The lowest BCUT2D eigenvalue weighted by molar-refractivity contribution is -0.0669. The number of nitrogen functional groups attached to an aromatic ring is 1. The highest BCUT2D eigenvalue weighted by Crippen LogP contribution is 2.54. The van der Waals surface area contributed by atoms with Gasteiger partial charge in [-0.3, -0.25) is 41.8 Å². The molecule has 3 saturated heterocycles. The van der Waals surface area contributed by atoms with Gasteiger partial charge in [0.2, 0.25) is 5.95 Å². The summed E-state index contributed by atoms with van der Waals surface area (Å²) < 4.78 is 90.9. The fourth-order valence-electron chi connectivity index (χ4n) is 5.23. The van der Waals surface area contributed by atoms with Crippen LogP contribution in [-0.2, 0) is 36.7 Å². The number of ether oxygens (including phenoxy) is 2. The van der Waals surface area contributed by atoms with Gasteiger partial charge in [-0.15, -0.1) is 0 Å². The number of phosphoric ester groups is 2. The molecule has 3 aliphatic heterocycles. The van der Waals surface area contributed by atoms with E-state index < -0.39 is 89.2 Å². The van der Waals surface area contributed by atoms with Crippen LogP contribution < -0.4 is 16.9 Å². The lowest BCUT2D eigenvalue weighted by Gasteiger charge is -2.25. The first kappa shape index (κ1) is 30.2. The molecule has 6 N–H and O–H groups in total. The van der Waals surface area contributed by atoms with Gasteiger partial charge in [0.1, 0.15) is 24.4 Å². The molecule has 0 amide bonds. The van der Waals surface area contributed by atoms with Crippen molar-refractivity contribution >= 4 is 43.9 Å². The quantitative estimate of drug-likeness (QED) is 0.164. The van der Waals surface area contributed by atoms with Gasteiger partial charge in [-0.1, -0.05) is 0 Å². The van der Waals surface area contributed by atoms with Gasteiger partial charge in [0, 0.05) is 0 Å². The fraction of sp³-hybridized carbons (Fsp3) is 0.500. The lowest BCUT2D eigenvalue weighted by atomic mass is 10.1. The zero-order valence-electron chi connectivity index (χ0n) is 22.2. The molecule has 4 aromatic heterocycles. The second-order valence-electron chi connectivity index (χ2n) is 10.0. The average molecular weight is 679 g/mol. The summed E-state index contributed by atoms with van der Waals surface area (Å²) in [7, 11) is -10.5. The van der Waals surface area contributed by atoms with Gasteiger partial charge < -0.3 is 30.0 Å². The van der Waals surface area contributed by atoms with Crippen molar-refractivity contribution in [2.75, 3.05) is 18.9 Å². The molecule has 0 aromatic carbocycles. The number of fused-ring (bicyclic) bond motifs is 5. The Bertz CT molecular complexity index is 2000. The Kier molecular flexibility index (Phi) is 7.24. The number of nitrogens with two attached hydrogens (primary N) is 1. The smallest absolute Gasteiger partial charge is 0.369 e. The van der Waals surface area contributed by atoms with Crippen LogP contribution in [0.25, 0.3) is 22.3 Å². The van der Waals surface area contributed by atoms with Gasteiger partial charge in [-0.05, 0) is 0 Å². The van der Waals surface area contributed by atoms with E-state index in [0.29, 0.717) is 0 Å². The molecule has 7 rings (SSSR count). The number of rotatable bonds is 2. The molecule has 242 valence electrons. The van der Waals surface area contributed by atoms with Gasteiger partial charge in [0.25, 0.3) is 11.1 Å². The van der Waals surface area contributed by atoms with E-state index in [1.165, 1.54) is 0 Å². The molecule has 3 aliphatic rings. The van der Waals surface area contributed by atoms with Crippen molar-refractivity contribution < 1.29 is 55.3 Å². The van der Waals surface area contributed by atoms with Crippen molar-refractivity contribution in [2.24, 2.45) is 0 Å². The largest absolute Gasteiger partial charge is 0.472 e. The molecule has 3 fully saturated rings. The number of aromatic nitrogens is 8. The van der Waals surface area contributed by atoms with Gasteiger partial charge >= 0.3 is 15.6 Å². The first-order valence-electron chi connectivity index (χ1n) is 12.8. The number of H-pyrrole nitrogens is 2. The number of nitrogens with zero attached hydrogens (tertiary/aromatic N) is 6. The molecular weight excluding hydrogens is 658 g/mol. The number of anilines is 1. The van der Waals surface area contributed by atoms with Crippen LogP contribution in [0.4, 0.5) is 14.7 Å². The normalized spacial score (nSPS) is 37.7. The minimum Gasteiger partial charge on any atom is -0.369 e. The monoisotopic (exact) mass is 679 g/mol. The lowest BCUT2D eigenvalue weighted by Crippen LogP contribution is -2.34. The highest BCUT2D eigenvalue weighted by molar-refractivity contribution is 7.47. The molecule has 45 heavy (non-hydrogen) atoms.